The predicted octanol–water partition coefficient (Wildman–Crippen LogP) is 1.18. The van der Waals surface area contributed by atoms with Crippen molar-refractivity contribution in [3.8, 4) is 12.3 Å². The van der Waals surface area contributed by atoms with Crippen LogP contribution in [0.15, 0.2) is 4.99 Å². The van der Waals surface area contributed by atoms with E-state index >= 15 is 0 Å². The molecule has 3 N–H and O–H groups in total. The van der Waals surface area contributed by atoms with E-state index in [4.69, 9.17) is 6.42 Å². The fourth-order valence-electron chi connectivity index (χ4n) is 1.08. The standard InChI is InChI=1S/C12H24N4.HI/c1-6-8-14-11(13-7-2)15-9-10-16-12(3,4)5;/h1,16H,7-10H2,2-5H3,(H2,13,14,15);1H. The van der Waals surface area contributed by atoms with Crippen molar-refractivity contribution in [3.05, 3.63) is 0 Å². The number of halogens is 1. The lowest BCUT2D eigenvalue weighted by Crippen LogP contribution is -2.40. The molecule has 0 aromatic carbocycles. The maximum absolute atomic E-state index is 5.18. The zero-order chi connectivity index (χ0) is 12.4. The largest absolute Gasteiger partial charge is 0.357 e. The Morgan fingerprint density at radius 1 is 1.29 bits per heavy atom. The lowest BCUT2D eigenvalue weighted by atomic mass is 10.1. The molecule has 0 aliphatic heterocycles. The van der Waals surface area contributed by atoms with Crippen molar-refractivity contribution in [2.75, 3.05) is 26.2 Å². The van der Waals surface area contributed by atoms with Gasteiger partial charge in [0.25, 0.3) is 0 Å². The van der Waals surface area contributed by atoms with Crippen LogP contribution < -0.4 is 16.0 Å². The van der Waals surface area contributed by atoms with Gasteiger partial charge in [-0.25, -0.2) is 0 Å². The Balaban J connectivity index is 0. The summed E-state index contributed by atoms with van der Waals surface area (Å²) in [6.07, 6.45) is 5.18. The van der Waals surface area contributed by atoms with Crippen LogP contribution in [0.4, 0.5) is 0 Å². The highest BCUT2D eigenvalue weighted by Gasteiger charge is 2.06. The Morgan fingerprint density at radius 2 is 1.94 bits per heavy atom. The highest BCUT2D eigenvalue weighted by molar-refractivity contribution is 14.0. The summed E-state index contributed by atoms with van der Waals surface area (Å²) in [7, 11) is 0. The molecule has 5 heteroatoms. The minimum absolute atomic E-state index is 0. The molecule has 0 spiro atoms. The molecule has 0 saturated carbocycles. The SMILES string of the molecule is C#CCNC(=NCCNC(C)(C)C)NCC.I. The van der Waals surface area contributed by atoms with Gasteiger partial charge in [-0.3, -0.25) is 4.99 Å². The summed E-state index contributed by atoms with van der Waals surface area (Å²) in [4.78, 5) is 4.39. The number of nitrogens with one attached hydrogen (secondary N) is 3. The number of nitrogens with zero attached hydrogens (tertiary/aromatic N) is 1. The summed E-state index contributed by atoms with van der Waals surface area (Å²) < 4.78 is 0. The topological polar surface area (TPSA) is 48.5 Å². The molecule has 0 amide bonds. The van der Waals surface area contributed by atoms with Crippen LogP contribution in [0.3, 0.4) is 0 Å². The first-order valence-corrected chi connectivity index (χ1v) is 5.70. The van der Waals surface area contributed by atoms with E-state index in [1.807, 2.05) is 6.92 Å². The zero-order valence-corrected chi connectivity index (χ0v) is 13.6. The molecule has 0 radical (unpaired) electrons. The maximum atomic E-state index is 5.18. The van der Waals surface area contributed by atoms with E-state index in [1.54, 1.807) is 0 Å². The normalized spacial score (nSPS) is 11.4. The number of terminal acetylenes is 1. The number of rotatable bonds is 5. The maximum Gasteiger partial charge on any atom is 0.192 e. The third kappa shape index (κ3) is 13.5. The Morgan fingerprint density at radius 3 is 2.41 bits per heavy atom. The van der Waals surface area contributed by atoms with Crippen molar-refractivity contribution < 1.29 is 0 Å². The molecule has 0 saturated heterocycles. The van der Waals surface area contributed by atoms with Gasteiger partial charge < -0.3 is 16.0 Å². The van der Waals surface area contributed by atoms with Crippen molar-refractivity contribution in [1.82, 2.24) is 16.0 Å². The Hall–Kier alpha value is -0.480. The Bertz CT molecular complexity index is 250. The van der Waals surface area contributed by atoms with E-state index in [0.29, 0.717) is 6.54 Å². The van der Waals surface area contributed by atoms with Gasteiger partial charge in [0.15, 0.2) is 5.96 Å². The van der Waals surface area contributed by atoms with E-state index in [2.05, 4.69) is 47.6 Å². The summed E-state index contributed by atoms with van der Waals surface area (Å²) in [6.45, 7) is 11.4. The molecule has 17 heavy (non-hydrogen) atoms. The van der Waals surface area contributed by atoms with Crippen molar-refractivity contribution in [2.24, 2.45) is 4.99 Å². The summed E-state index contributed by atoms with van der Waals surface area (Å²) in [5.41, 5.74) is 0.139. The molecule has 0 rings (SSSR count). The zero-order valence-electron chi connectivity index (χ0n) is 11.3. The van der Waals surface area contributed by atoms with Gasteiger partial charge in [-0.05, 0) is 27.7 Å². The molecule has 100 valence electrons. The second-order valence-electron chi connectivity index (χ2n) is 4.50. The molecular formula is C12H25IN4. The smallest absolute Gasteiger partial charge is 0.192 e. The van der Waals surface area contributed by atoms with E-state index in [1.165, 1.54) is 0 Å². The molecule has 0 unspecified atom stereocenters. The van der Waals surface area contributed by atoms with Gasteiger partial charge in [-0.1, -0.05) is 5.92 Å². The van der Waals surface area contributed by atoms with Crippen LogP contribution in [0.5, 0.6) is 0 Å². The first-order chi connectivity index (χ1) is 7.49. The average molecular weight is 352 g/mol. The third-order valence-corrected chi connectivity index (χ3v) is 1.74. The van der Waals surface area contributed by atoms with Gasteiger partial charge in [0.2, 0.25) is 0 Å². The molecule has 0 heterocycles. The second-order valence-corrected chi connectivity index (χ2v) is 4.50. The monoisotopic (exact) mass is 352 g/mol. The van der Waals surface area contributed by atoms with Gasteiger partial charge >= 0.3 is 0 Å². The fraction of sp³-hybridized carbons (Fsp3) is 0.750. The van der Waals surface area contributed by atoms with Gasteiger partial charge in [0, 0.05) is 18.6 Å². The van der Waals surface area contributed by atoms with E-state index in [-0.39, 0.29) is 29.5 Å². The predicted molar refractivity (Wildman–Crippen MR) is 86.0 cm³/mol. The van der Waals surface area contributed by atoms with Gasteiger partial charge in [0.1, 0.15) is 0 Å². The highest BCUT2D eigenvalue weighted by atomic mass is 127. The molecule has 0 aromatic heterocycles. The number of aliphatic imine (C=N–C) groups is 1. The van der Waals surface area contributed by atoms with Crippen LogP contribution in [0.25, 0.3) is 0 Å². The number of hydrogen-bond acceptors (Lipinski definition) is 2. The second kappa shape index (κ2) is 10.7. The molecule has 0 aliphatic carbocycles. The van der Waals surface area contributed by atoms with Crippen LogP contribution in [-0.2, 0) is 0 Å². The number of guanidine groups is 1. The van der Waals surface area contributed by atoms with Crippen LogP contribution in [0.2, 0.25) is 0 Å². The fourth-order valence-corrected chi connectivity index (χ4v) is 1.08. The summed E-state index contributed by atoms with van der Waals surface area (Å²) in [5.74, 6) is 3.30. The molecule has 0 atom stereocenters. The van der Waals surface area contributed by atoms with Gasteiger partial charge in [-0.15, -0.1) is 30.4 Å². The van der Waals surface area contributed by atoms with Gasteiger partial charge in [-0.2, -0.15) is 0 Å². The molecule has 0 aliphatic rings. The van der Waals surface area contributed by atoms with E-state index < -0.39 is 0 Å². The quantitative estimate of drug-likeness (QED) is 0.229. The Labute approximate surface area is 122 Å². The molecule has 0 aromatic rings. The van der Waals surface area contributed by atoms with Crippen LogP contribution in [0.1, 0.15) is 27.7 Å². The molecule has 0 fully saturated rings. The number of hydrogen-bond donors (Lipinski definition) is 3. The van der Waals surface area contributed by atoms with Crippen molar-refractivity contribution >= 4 is 29.9 Å². The first-order valence-electron chi connectivity index (χ1n) is 5.70. The lowest BCUT2D eigenvalue weighted by molar-refractivity contribution is 0.432. The average Bonchev–Trinajstić information content (AvgIpc) is 2.19. The first kappa shape index (κ1) is 18.9. The summed E-state index contributed by atoms with van der Waals surface area (Å²) >= 11 is 0. The summed E-state index contributed by atoms with van der Waals surface area (Å²) in [6, 6.07) is 0. The highest BCUT2D eigenvalue weighted by Crippen LogP contribution is 1.96. The van der Waals surface area contributed by atoms with E-state index in [0.717, 1.165) is 25.6 Å². The minimum Gasteiger partial charge on any atom is -0.357 e. The van der Waals surface area contributed by atoms with Crippen molar-refractivity contribution in [1.29, 1.82) is 0 Å². The minimum atomic E-state index is 0. The summed E-state index contributed by atoms with van der Waals surface area (Å²) in [5, 5.41) is 9.55. The van der Waals surface area contributed by atoms with Crippen LogP contribution in [-0.4, -0.2) is 37.7 Å². The van der Waals surface area contributed by atoms with Crippen molar-refractivity contribution in [3.63, 3.8) is 0 Å². The van der Waals surface area contributed by atoms with Gasteiger partial charge in [0.05, 0.1) is 13.1 Å². The Kier molecular flexibility index (Phi) is 11.8. The van der Waals surface area contributed by atoms with Crippen molar-refractivity contribution in [2.45, 2.75) is 33.2 Å². The van der Waals surface area contributed by atoms with Crippen LogP contribution >= 0.6 is 24.0 Å². The molecule has 0 bridgehead atoms. The van der Waals surface area contributed by atoms with E-state index in [9.17, 15) is 0 Å². The molecule has 4 nitrogen and oxygen atoms in total. The lowest BCUT2D eigenvalue weighted by Gasteiger charge is -2.19. The molecular weight excluding hydrogens is 327 g/mol. The van der Waals surface area contributed by atoms with Crippen LogP contribution in [0, 0.1) is 12.3 Å². The third-order valence-electron chi connectivity index (χ3n) is 1.74.